The standard InChI is InChI=1S/C20H21F3N2O4S/c1-29-16-6-4-5-15(13-16)24-19(26)14-9-11-25(12-10-14)30(27,28)18-8-3-2-7-17(18)20(21,22)23/h2-8,13-14H,9-12H2,1H3,(H,24,26). The number of anilines is 1. The van der Waals surface area contributed by atoms with Crippen molar-refractivity contribution in [2.75, 3.05) is 25.5 Å². The molecule has 0 radical (unpaired) electrons. The van der Waals surface area contributed by atoms with Crippen LogP contribution in [-0.4, -0.2) is 38.8 Å². The first-order valence-electron chi connectivity index (χ1n) is 9.24. The Labute approximate surface area is 172 Å². The molecule has 0 aliphatic carbocycles. The number of hydrogen-bond acceptors (Lipinski definition) is 4. The van der Waals surface area contributed by atoms with Crippen molar-refractivity contribution in [2.24, 2.45) is 5.92 Å². The van der Waals surface area contributed by atoms with Crippen LogP contribution >= 0.6 is 0 Å². The van der Waals surface area contributed by atoms with Gasteiger partial charge in [-0.05, 0) is 37.1 Å². The highest BCUT2D eigenvalue weighted by Gasteiger charge is 2.40. The molecule has 162 valence electrons. The molecule has 1 heterocycles. The summed E-state index contributed by atoms with van der Waals surface area (Å²) in [5.41, 5.74) is -0.642. The minimum Gasteiger partial charge on any atom is -0.497 e. The van der Waals surface area contributed by atoms with Crippen LogP contribution in [0.4, 0.5) is 18.9 Å². The van der Waals surface area contributed by atoms with Gasteiger partial charge < -0.3 is 10.1 Å². The Balaban J connectivity index is 1.68. The van der Waals surface area contributed by atoms with Crippen molar-refractivity contribution in [1.82, 2.24) is 4.31 Å². The molecule has 10 heteroatoms. The minimum atomic E-state index is -4.78. The number of piperidine rings is 1. The Morgan fingerprint density at radius 2 is 1.77 bits per heavy atom. The molecule has 1 amide bonds. The molecule has 1 fully saturated rings. The van der Waals surface area contributed by atoms with Crippen molar-refractivity contribution < 1.29 is 31.1 Å². The Hall–Kier alpha value is -2.59. The van der Waals surface area contributed by atoms with Gasteiger partial charge in [-0.2, -0.15) is 17.5 Å². The second kappa shape index (κ2) is 8.65. The number of sulfonamides is 1. The van der Waals surface area contributed by atoms with Gasteiger partial charge in [0.15, 0.2) is 0 Å². The van der Waals surface area contributed by atoms with E-state index in [4.69, 9.17) is 4.74 Å². The summed E-state index contributed by atoms with van der Waals surface area (Å²) in [5, 5.41) is 2.76. The molecule has 6 nitrogen and oxygen atoms in total. The van der Waals surface area contributed by atoms with Crippen LogP contribution in [0.1, 0.15) is 18.4 Å². The average Bonchev–Trinajstić information content (AvgIpc) is 2.73. The second-order valence-electron chi connectivity index (χ2n) is 6.89. The zero-order chi connectivity index (χ0) is 21.9. The highest BCUT2D eigenvalue weighted by atomic mass is 32.2. The zero-order valence-electron chi connectivity index (χ0n) is 16.1. The number of methoxy groups -OCH3 is 1. The Bertz CT molecular complexity index is 1020. The molecule has 0 spiro atoms. The van der Waals surface area contributed by atoms with Crippen LogP contribution in [-0.2, 0) is 21.0 Å². The first-order valence-corrected chi connectivity index (χ1v) is 10.7. The van der Waals surface area contributed by atoms with E-state index >= 15 is 0 Å². The van der Waals surface area contributed by atoms with Gasteiger partial charge in [0, 0.05) is 30.8 Å². The van der Waals surface area contributed by atoms with Crippen molar-refractivity contribution >= 4 is 21.6 Å². The molecule has 1 aliphatic rings. The maximum absolute atomic E-state index is 13.2. The van der Waals surface area contributed by atoms with Crippen LogP contribution in [0.25, 0.3) is 0 Å². The van der Waals surface area contributed by atoms with Gasteiger partial charge in [0.25, 0.3) is 0 Å². The molecular formula is C20H21F3N2O4S. The molecule has 0 unspecified atom stereocenters. The number of carbonyl (C=O) groups excluding carboxylic acids is 1. The predicted molar refractivity (Wildman–Crippen MR) is 105 cm³/mol. The number of rotatable bonds is 5. The van der Waals surface area contributed by atoms with E-state index < -0.39 is 32.6 Å². The number of ether oxygens (including phenoxy) is 1. The lowest BCUT2D eigenvalue weighted by Gasteiger charge is -2.31. The highest BCUT2D eigenvalue weighted by Crippen LogP contribution is 2.36. The molecule has 2 aromatic carbocycles. The van der Waals surface area contributed by atoms with Gasteiger partial charge >= 0.3 is 6.18 Å². The average molecular weight is 442 g/mol. The van der Waals surface area contributed by atoms with Gasteiger partial charge in [-0.15, -0.1) is 0 Å². The summed E-state index contributed by atoms with van der Waals surface area (Å²) >= 11 is 0. The van der Waals surface area contributed by atoms with Crippen molar-refractivity contribution in [1.29, 1.82) is 0 Å². The van der Waals surface area contributed by atoms with Crippen LogP contribution in [0.2, 0.25) is 0 Å². The summed E-state index contributed by atoms with van der Waals surface area (Å²) in [6, 6.07) is 10.9. The van der Waals surface area contributed by atoms with Crippen molar-refractivity contribution in [2.45, 2.75) is 23.9 Å². The van der Waals surface area contributed by atoms with E-state index in [0.717, 1.165) is 22.5 Å². The number of hydrogen-bond donors (Lipinski definition) is 1. The van der Waals surface area contributed by atoms with E-state index in [1.165, 1.54) is 13.2 Å². The van der Waals surface area contributed by atoms with E-state index in [1.807, 2.05) is 0 Å². The van der Waals surface area contributed by atoms with Gasteiger partial charge in [0.05, 0.1) is 17.6 Å². The Morgan fingerprint density at radius 1 is 1.10 bits per heavy atom. The summed E-state index contributed by atoms with van der Waals surface area (Å²) in [7, 11) is -2.82. The van der Waals surface area contributed by atoms with Gasteiger partial charge in [-0.1, -0.05) is 18.2 Å². The Kier molecular flexibility index (Phi) is 6.37. The Morgan fingerprint density at radius 3 is 2.40 bits per heavy atom. The first kappa shape index (κ1) is 22.1. The second-order valence-corrected chi connectivity index (χ2v) is 8.80. The van der Waals surface area contributed by atoms with Gasteiger partial charge in [0.1, 0.15) is 5.75 Å². The first-order chi connectivity index (χ1) is 14.1. The molecule has 2 aromatic rings. The predicted octanol–water partition coefficient (Wildman–Crippen LogP) is 3.75. The number of benzene rings is 2. The number of carbonyl (C=O) groups is 1. The molecule has 0 saturated carbocycles. The lowest BCUT2D eigenvalue weighted by atomic mass is 9.97. The molecule has 1 N–H and O–H groups in total. The summed E-state index contributed by atoms with van der Waals surface area (Å²) in [6.45, 7) is -0.0740. The van der Waals surface area contributed by atoms with Crippen LogP contribution in [0.15, 0.2) is 53.4 Å². The van der Waals surface area contributed by atoms with E-state index in [9.17, 15) is 26.4 Å². The molecule has 3 rings (SSSR count). The summed E-state index contributed by atoms with van der Waals surface area (Å²) < 4.78 is 71.4. The summed E-state index contributed by atoms with van der Waals surface area (Å²) in [5.74, 6) is -0.131. The molecular weight excluding hydrogens is 421 g/mol. The van der Waals surface area contributed by atoms with E-state index in [0.29, 0.717) is 11.4 Å². The van der Waals surface area contributed by atoms with Gasteiger partial charge in [-0.3, -0.25) is 4.79 Å². The molecule has 0 bridgehead atoms. The van der Waals surface area contributed by atoms with E-state index in [-0.39, 0.29) is 31.8 Å². The largest absolute Gasteiger partial charge is 0.497 e. The maximum Gasteiger partial charge on any atom is 0.417 e. The van der Waals surface area contributed by atoms with Crippen molar-refractivity contribution in [3.05, 3.63) is 54.1 Å². The molecule has 1 saturated heterocycles. The van der Waals surface area contributed by atoms with Crippen molar-refractivity contribution in [3.63, 3.8) is 0 Å². The lowest BCUT2D eigenvalue weighted by molar-refractivity contribution is -0.139. The van der Waals surface area contributed by atoms with E-state index in [2.05, 4.69) is 5.32 Å². The van der Waals surface area contributed by atoms with Crippen molar-refractivity contribution in [3.8, 4) is 5.75 Å². The summed E-state index contributed by atoms with van der Waals surface area (Å²) in [6.07, 6.45) is -4.36. The molecule has 0 atom stereocenters. The molecule has 0 aromatic heterocycles. The van der Waals surface area contributed by atoms with Crippen LogP contribution < -0.4 is 10.1 Å². The number of alkyl halides is 3. The van der Waals surface area contributed by atoms with Crippen LogP contribution in [0, 0.1) is 5.92 Å². The highest BCUT2D eigenvalue weighted by molar-refractivity contribution is 7.89. The maximum atomic E-state index is 13.2. The third-order valence-electron chi connectivity index (χ3n) is 4.97. The monoisotopic (exact) mass is 442 g/mol. The zero-order valence-corrected chi connectivity index (χ0v) is 17.0. The third-order valence-corrected chi connectivity index (χ3v) is 6.93. The van der Waals surface area contributed by atoms with Crippen LogP contribution in [0.5, 0.6) is 5.75 Å². The minimum absolute atomic E-state index is 0.0370. The fourth-order valence-electron chi connectivity index (χ4n) is 3.37. The third kappa shape index (κ3) is 4.76. The van der Waals surface area contributed by atoms with Gasteiger partial charge in [0.2, 0.25) is 15.9 Å². The van der Waals surface area contributed by atoms with Gasteiger partial charge in [-0.25, -0.2) is 8.42 Å². The SMILES string of the molecule is COc1cccc(NC(=O)C2CCN(S(=O)(=O)c3ccccc3C(F)(F)F)CC2)c1. The fraction of sp³-hybridized carbons (Fsp3) is 0.350. The molecule has 30 heavy (non-hydrogen) atoms. The van der Waals surface area contributed by atoms with Crippen LogP contribution in [0.3, 0.4) is 0 Å². The fourth-order valence-corrected chi connectivity index (χ4v) is 5.05. The smallest absolute Gasteiger partial charge is 0.417 e. The normalized spacial score (nSPS) is 16.3. The molecule has 1 aliphatic heterocycles. The van der Waals surface area contributed by atoms with E-state index in [1.54, 1.807) is 24.3 Å². The lowest BCUT2D eigenvalue weighted by Crippen LogP contribution is -2.41. The number of nitrogens with one attached hydrogen (secondary N) is 1. The topological polar surface area (TPSA) is 75.7 Å². The quantitative estimate of drug-likeness (QED) is 0.765. The number of amides is 1. The number of nitrogens with zero attached hydrogens (tertiary/aromatic N) is 1. The number of halogens is 3. The summed E-state index contributed by atoms with van der Waals surface area (Å²) in [4.78, 5) is 11.7.